The van der Waals surface area contributed by atoms with E-state index < -0.39 is 0 Å². The highest BCUT2D eigenvalue weighted by atomic mass is 15.0. The van der Waals surface area contributed by atoms with Gasteiger partial charge in [0.2, 0.25) is 0 Å². The number of para-hydroxylation sites is 3. The van der Waals surface area contributed by atoms with Crippen molar-refractivity contribution >= 4 is 54.4 Å². The van der Waals surface area contributed by atoms with E-state index in [4.69, 9.17) is 0 Å². The van der Waals surface area contributed by atoms with E-state index in [2.05, 4.69) is 203 Å². The third kappa shape index (κ3) is 4.55. The van der Waals surface area contributed by atoms with Gasteiger partial charge >= 0.3 is 0 Å². The van der Waals surface area contributed by atoms with Crippen molar-refractivity contribution in [1.82, 2.24) is 9.13 Å². The van der Waals surface area contributed by atoms with Crippen molar-refractivity contribution in [2.75, 3.05) is 0 Å². The van der Waals surface area contributed by atoms with E-state index in [0.29, 0.717) is 0 Å². The summed E-state index contributed by atoms with van der Waals surface area (Å²) in [5.74, 6) is 0. The number of aromatic nitrogens is 2. The molecule has 0 N–H and O–H groups in total. The van der Waals surface area contributed by atoms with Crippen LogP contribution in [0.4, 0.5) is 0 Å². The second kappa shape index (κ2) is 11.7. The highest BCUT2D eigenvalue weighted by Crippen LogP contribution is 2.41. The maximum atomic E-state index is 2.47. The molecule has 1 aliphatic carbocycles. The molecule has 256 valence electrons. The Bertz CT molecular complexity index is 3340. The molecule has 2 heteroatoms. The van der Waals surface area contributed by atoms with Gasteiger partial charge in [0.05, 0.1) is 27.8 Å². The lowest BCUT2D eigenvalue weighted by molar-refractivity contribution is 1.18. The first-order valence-corrected chi connectivity index (χ1v) is 19.1. The van der Waals surface area contributed by atoms with Gasteiger partial charge in [0, 0.05) is 32.6 Å². The van der Waals surface area contributed by atoms with Gasteiger partial charge in [-0.3, -0.25) is 0 Å². The third-order valence-electron chi connectivity index (χ3n) is 11.9. The molecule has 12 rings (SSSR count). The highest BCUT2D eigenvalue weighted by molar-refractivity contribution is 6.13. The van der Waals surface area contributed by atoms with Crippen LogP contribution in [0.1, 0.15) is 11.1 Å². The second-order valence-electron chi connectivity index (χ2n) is 14.9. The number of nitrogens with zero attached hydrogens (tertiary/aromatic N) is 2. The van der Waals surface area contributed by atoms with Crippen molar-refractivity contribution in [2.45, 2.75) is 6.42 Å². The van der Waals surface area contributed by atoms with Gasteiger partial charge in [0.25, 0.3) is 0 Å². The zero-order valence-electron chi connectivity index (χ0n) is 30.1. The maximum absolute atomic E-state index is 2.47. The lowest BCUT2D eigenvalue weighted by atomic mass is 9.97. The fourth-order valence-corrected chi connectivity index (χ4v) is 9.38. The number of fused-ring (bicyclic) bond motifs is 10. The first kappa shape index (κ1) is 30.3. The van der Waals surface area contributed by atoms with Gasteiger partial charge in [-0.15, -0.1) is 0 Å². The molecule has 0 unspecified atom stereocenters. The molecule has 0 atom stereocenters. The Morgan fingerprint density at radius 1 is 0.309 bits per heavy atom. The lowest BCUT2D eigenvalue weighted by Gasteiger charge is -2.14. The van der Waals surface area contributed by atoms with Gasteiger partial charge in [0.1, 0.15) is 0 Å². The van der Waals surface area contributed by atoms with Crippen LogP contribution in [0.25, 0.3) is 99.1 Å². The predicted octanol–water partition coefficient (Wildman–Crippen LogP) is 13.9. The van der Waals surface area contributed by atoms with Crippen molar-refractivity contribution in [1.29, 1.82) is 0 Å². The molecule has 2 heterocycles. The fraction of sp³-hybridized carbons (Fsp3) is 0.0189. The van der Waals surface area contributed by atoms with Crippen LogP contribution >= 0.6 is 0 Å². The molecule has 0 fully saturated rings. The average Bonchev–Trinajstić information content (AvgIpc) is 3.90. The monoisotopic (exact) mass is 698 g/mol. The Labute approximate surface area is 318 Å². The summed E-state index contributed by atoms with van der Waals surface area (Å²) in [6.45, 7) is 0. The second-order valence-corrected chi connectivity index (χ2v) is 14.9. The Morgan fingerprint density at radius 3 is 1.62 bits per heavy atom. The van der Waals surface area contributed by atoms with Crippen LogP contribution in [0, 0.1) is 0 Å². The van der Waals surface area contributed by atoms with Crippen molar-refractivity contribution < 1.29 is 0 Å². The Balaban J connectivity index is 1.01. The Hall–Kier alpha value is -7.16. The number of rotatable bonds is 4. The summed E-state index contributed by atoms with van der Waals surface area (Å²) in [5, 5.41) is 7.52. The average molecular weight is 699 g/mol. The van der Waals surface area contributed by atoms with Gasteiger partial charge < -0.3 is 9.13 Å². The summed E-state index contributed by atoms with van der Waals surface area (Å²) < 4.78 is 4.87. The number of benzene rings is 9. The van der Waals surface area contributed by atoms with Crippen LogP contribution in [-0.4, -0.2) is 9.13 Å². The summed E-state index contributed by atoms with van der Waals surface area (Å²) >= 11 is 0. The molecule has 55 heavy (non-hydrogen) atoms. The summed E-state index contributed by atoms with van der Waals surface area (Å²) in [4.78, 5) is 0. The molecule has 0 spiro atoms. The minimum atomic E-state index is 0.997. The highest BCUT2D eigenvalue weighted by Gasteiger charge is 2.20. The Morgan fingerprint density at radius 2 is 0.855 bits per heavy atom. The van der Waals surface area contributed by atoms with E-state index in [1.54, 1.807) is 0 Å². The first-order chi connectivity index (χ1) is 27.3. The van der Waals surface area contributed by atoms with Crippen LogP contribution in [-0.2, 0) is 6.42 Å². The van der Waals surface area contributed by atoms with Gasteiger partial charge in [0.15, 0.2) is 0 Å². The van der Waals surface area contributed by atoms with Gasteiger partial charge in [-0.2, -0.15) is 0 Å². The van der Waals surface area contributed by atoms with E-state index in [0.717, 1.165) is 6.42 Å². The largest absolute Gasteiger partial charge is 0.309 e. The van der Waals surface area contributed by atoms with Crippen molar-refractivity contribution in [3.8, 4) is 44.8 Å². The number of hydrogen-bond acceptors (Lipinski definition) is 0. The minimum Gasteiger partial charge on any atom is -0.309 e. The summed E-state index contributed by atoms with van der Waals surface area (Å²) in [6.07, 6.45) is 0.997. The van der Waals surface area contributed by atoms with Gasteiger partial charge in [-0.05, 0) is 105 Å². The van der Waals surface area contributed by atoms with E-state index >= 15 is 0 Å². The molecular formula is C53H34N2. The molecule has 2 nitrogen and oxygen atoms in total. The SMILES string of the molecule is c1ccc(-n2c3ccccc3c3ccc(-c4ccc5c6ccccc6n(-c6cccc7cc(-c8ccc9c(c8)Cc8ccccc8-9)ccc67)c5c4)cc32)cc1. The smallest absolute Gasteiger partial charge is 0.0547 e. The molecule has 0 saturated carbocycles. The fourth-order valence-electron chi connectivity index (χ4n) is 9.38. The van der Waals surface area contributed by atoms with Crippen LogP contribution in [0.15, 0.2) is 194 Å². The maximum Gasteiger partial charge on any atom is 0.0547 e. The zero-order chi connectivity index (χ0) is 36.0. The molecule has 1 aliphatic rings. The minimum absolute atomic E-state index is 0.997. The zero-order valence-corrected chi connectivity index (χ0v) is 30.1. The molecule has 9 aromatic carbocycles. The van der Waals surface area contributed by atoms with E-state index in [-0.39, 0.29) is 0 Å². The van der Waals surface area contributed by atoms with Crippen LogP contribution in [0.5, 0.6) is 0 Å². The van der Waals surface area contributed by atoms with Gasteiger partial charge in [-0.1, -0.05) is 146 Å². The van der Waals surface area contributed by atoms with E-state index in [1.165, 1.54) is 110 Å². The molecule has 0 radical (unpaired) electrons. The van der Waals surface area contributed by atoms with E-state index in [1.807, 2.05) is 0 Å². The van der Waals surface area contributed by atoms with Crippen LogP contribution in [0.2, 0.25) is 0 Å². The number of hydrogen-bond donors (Lipinski definition) is 0. The molecule has 0 amide bonds. The van der Waals surface area contributed by atoms with Gasteiger partial charge in [-0.25, -0.2) is 0 Å². The molecule has 2 aromatic heterocycles. The quantitative estimate of drug-likeness (QED) is 0.173. The molecule has 0 aliphatic heterocycles. The third-order valence-corrected chi connectivity index (χ3v) is 11.9. The van der Waals surface area contributed by atoms with E-state index in [9.17, 15) is 0 Å². The standard InChI is InChI=1S/C53H34N2/c1-2-13-41(14-3-1)54-50-18-8-6-16-45(50)47-27-23-36(32-52(47)54)37-24-28-48-46-17-7-9-19-51(46)55(53(48)33-37)49-20-10-12-39-29-34(22-26-44(39)49)35-21-25-43-40(30-35)31-38-11-4-5-15-42(38)43/h1-30,32-33H,31H2. The Kier molecular flexibility index (Phi) is 6.43. The van der Waals surface area contributed by atoms with Crippen LogP contribution < -0.4 is 0 Å². The first-order valence-electron chi connectivity index (χ1n) is 19.1. The van der Waals surface area contributed by atoms with Crippen molar-refractivity contribution in [3.63, 3.8) is 0 Å². The molecule has 0 bridgehead atoms. The predicted molar refractivity (Wildman–Crippen MR) is 232 cm³/mol. The lowest BCUT2D eigenvalue weighted by Crippen LogP contribution is -1.96. The summed E-state index contributed by atoms with van der Waals surface area (Å²) in [5.41, 5.74) is 17.7. The van der Waals surface area contributed by atoms with Crippen molar-refractivity contribution in [2.24, 2.45) is 0 Å². The summed E-state index contributed by atoms with van der Waals surface area (Å²) in [7, 11) is 0. The van der Waals surface area contributed by atoms with Crippen molar-refractivity contribution in [3.05, 3.63) is 205 Å². The summed E-state index contributed by atoms with van der Waals surface area (Å²) in [6, 6.07) is 71.7. The molecule has 0 saturated heterocycles. The topological polar surface area (TPSA) is 9.86 Å². The normalized spacial score (nSPS) is 12.3. The molecule has 11 aromatic rings. The molecular weight excluding hydrogens is 665 g/mol. The van der Waals surface area contributed by atoms with Crippen LogP contribution in [0.3, 0.4) is 0 Å².